The van der Waals surface area contributed by atoms with Gasteiger partial charge in [0.1, 0.15) is 5.75 Å². The van der Waals surface area contributed by atoms with E-state index < -0.39 is 0 Å². The monoisotopic (exact) mass is 258 g/mol. The van der Waals surface area contributed by atoms with Crippen LogP contribution in [0.1, 0.15) is 5.56 Å². The quantitative estimate of drug-likeness (QED) is 0.756. The van der Waals surface area contributed by atoms with Gasteiger partial charge >= 0.3 is 0 Å². The lowest BCUT2D eigenvalue weighted by atomic mass is 10.1. The fourth-order valence-corrected chi connectivity index (χ4v) is 2.95. The van der Waals surface area contributed by atoms with E-state index in [1.54, 1.807) is 18.4 Å². The van der Waals surface area contributed by atoms with Crippen molar-refractivity contribution in [2.75, 3.05) is 7.11 Å². The molecule has 2 aromatic heterocycles. The van der Waals surface area contributed by atoms with Crippen LogP contribution in [-0.2, 0) is 6.54 Å². The van der Waals surface area contributed by atoms with Crippen molar-refractivity contribution < 1.29 is 4.74 Å². The van der Waals surface area contributed by atoms with E-state index in [1.807, 2.05) is 24.3 Å². The average molecular weight is 258 g/mol. The van der Waals surface area contributed by atoms with Gasteiger partial charge in [0.05, 0.1) is 17.7 Å². The second-order valence-electron chi connectivity index (χ2n) is 4.07. The molecule has 0 atom stereocenters. The summed E-state index contributed by atoms with van der Waals surface area (Å²) in [5.74, 6) is 0.855. The van der Waals surface area contributed by atoms with Crippen molar-refractivity contribution >= 4 is 22.2 Å². The van der Waals surface area contributed by atoms with Crippen molar-refractivity contribution in [2.45, 2.75) is 6.54 Å². The summed E-state index contributed by atoms with van der Waals surface area (Å²) in [6.07, 6.45) is 0. The average Bonchev–Trinajstić information content (AvgIpc) is 3.04. The van der Waals surface area contributed by atoms with Crippen LogP contribution in [-0.4, -0.2) is 12.1 Å². The number of aromatic amines is 1. The second-order valence-corrected chi connectivity index (χ2v) is 5.02. The predicted molar refractivity (Wildman–Crippen MR) is 76.1 cm³/mol. The highest BCUT2D eigenvalue weighted by molar-refractivity contribution is 7.13. The maximum Gasteiger partial charge on any atom is 0.119 e. The molecule has 0 bridgehead atoms. The number of hydrogen-bond acceptors (Lipinski definition) is 3. The minimum absolute atomic E-state index is 0.514. The molecule has 0 amide bonds. The molecule has 2 heterocycles. The van der Waals surface area contributed by atoms with Gasteiger partial charge in [0.15, 0.2) is 0 Å². The maximum atomic E-state index is 5.90. The van der Waals surface area contributed by atoms with Crippen LogP contribution < -0.4 is 10.5 Å². The molecule has 0 saturated carbocycles. The Hall–Kier alpha value is -1.78. The lowest BCUT2D eigenvalue weighted by Gasteiger charge is -2.01. The van der Waals surface area contributed by atoms with Crippen molar-refractivity contribution in [2.24, 2.45) is 5.73 Å². The number of methoxy groups -OCH3 is 1. The molecular formula is C14H14N2OS. The van der Waals surface area contributed by atoms with E-state index in [9.17, 15) is 0 Å². The Labute approximate surface area is 109 Å². The van der Waals surface area contributed by atoms with Gasteiger partial charge in [0, 0.05) is 23.0 Å². The molecule has 92 valence electrons. The van der Waals surface area contributed by atoms with Gasteiger partial charge in [-0.25, -0.2) is 0 Å². The Bertz CT molecular complexity index is 670. The molecule has 0 fully saturated rings. The first kappa shape index (κ1) is 11.3. The third-order valence-electron chi connectivity index (χ3n) is 3.09. The van der Waals surface area contributed by atoms with Gasteiger partial charge in [-0.2, -0.15) is 0 Å². The third kappa shape index (κ3) is 1.70. The number of aromatic nitrogens is 1. The van der Waals surface area contributed by atoms with Gasteiger partial charge in [-0.15, -0.1) is 11.3 Å². The van der Waals surface area contributed by atoms with Crippen LogP contribution in [0.3, 0.4) is 0 Å². The molecule has 0 aliphatic carbocycles. The lowest BCUT2D eigenvalue weighted by molar-refractivity contribution is 0.415. The van der Waals surface area contributed by atoms with Crippen molar-refractivity contribution in [1.82, 2.24) is 4.98 Å². The van der Waals surface area contributed by atoms with E-state index in [2.05, 4.69) is 16.4 Å². The Kier molecular flexibility index (Phi) is 2.81. The molecule has 18 heavy (non-hydrogen) atoms. The number of H-pyrrole nitrogens is 1. The first-order valence-electron chi connectivity index (χ1n) is 5.76. The molecular weight excluding hydrogens is 244 g/mol. The molecule has 3 nitrogen and oxygen atoms in total. The number of rotatable bonds is 3. The minimum atomic E-state index is 0.514. The molecule has 0 unspecified atom stereocenters. The highest BCUT2D eigenvalue weighted by Gasteiger charge is 2.13. The first-order valence-corrected chi connectivity index (χ1v) is 6.64. The lowest BCUT2D eigenvalue weighted by Crippen LogP contribution is -1.96. The molecule has 1 aromatic carbocycles. The largest absolute Gasteiger partial charge is 0.497 e. The Morgan fingerprint density at radius 3 is 2.89 bits per heavy atom. The second kappa shape index (κ2) is 4.48. The molecule has 3 N–H and O–H groups in total. The molecule has 0 aliphatic rings. The third-order valence-corrected chi connectivity index (χ3v) is 3.97. The van der Waals surface area contributed by atoms with Crippen LogP contribution >= 0.6 is 11.3 Å². The fraction of sp³-hybridized carbons (Fsp3) is 0.143. The van der Waals surface area contributed by atoms with Crippen molar-refractivity contribution in [3.8, 4) is 16.3 Å². The zero-order valence-electron chi connectivity index (χ0n) is 10.1. The SMILES string of the molecule is COc1ccc2[nH]c(-c3cccs3)c(CN)c2c1. The number of ether oxygens (including phenoxy) is 1. The standard InChI is InChI=1S/C14H14N2OS/c1-17-9-4-5-12-10(7-9)11(8-15)14(16-12)13-3-2-6-18-13/h2-7,16H,8,15H2,1H3. The van der Waals surface area contributed by atoms with Crippen LogP contribution in [0.25, 0.3) is 21.5 Å². The Morgan fingerprint density at radius 2 is 2.22 bits per heavy atom. The summed E-state index contributed by atoms with van der Waals surface area (Å²) in [7, 11) is 1.68. The summed E-state index contributed by atoms with van der Waals surface area (Å²) >= 11 is 1.71. The van der Waals surface area contributed by atoms with Crippen LogP contribution in [0.4, 0.5) is 0 Å². The van der Waals surface area contributed by atoms with Gasteiger partial charge in [0.25, 0.3) is 0 Å². The molecule has 0 radical (unpaired) electrons. The molecule has 0 saturated heterocycles. The van der Waals surface area contributed by atoms with E-state index >= 15 is 0 Å². The number of nitrogens with one attached hydrogen (secondary N) is 1. The Balaban J connectivity index is 2.27. The zero-order chi connectivity index (χ0) is 12.5. The predicted octanol–water partition coefficient (Wildman–Crippen LogP) is 3.36. The normalized spacial score (nSPS) is 11.0. The summed E-state index contributed by atoms with van der Waals surface area (Å²) < 4.78 is 5.27. The van der Waals surface area contributed by atoms with Crippen LogP contribution in [0.5, 0.6) is 5.75 Å². The van der Waals surface area contributed by atoms with E-state index in [0.29, 0.717) is 6.54 Å². The van der Waals surface area contributed by atoms with E-state index in [-0.39, 0.29) is 0 Å². The molecule has 4 heteroatoms. The van der Waals surface area contributed by atoms with Crippen LogP contribution in [0.15, 0.2) is 35.7 Å². The summed E-state index contributed by atoms with van der Waals surface area (Å²) in [5, 5.41) is 3.21. The van der Waals surface area contributed by atoms with Gasteiger partial charge < -0.3 is 15.5 Å². The number of thiophene rings is 1. The zero-order valence-corrected chi connectivity index (χ0v) is 10.9. The fourth-order valence-electron chi connectivity index (χ4n) is 2.20. The summed E-state index contributed by atoms with van der Waals surface area (Å²) in [4.78, 5) is 4.66. The molecule has 0 aliphatic heterocycles. The van der Waals surface area contributed by atoms with Crippen LogP contribution in [0.2, 0.25) is 0 Å². The summed E-state index contributed by atoms with van der Waals surface area (Å²) in [6.45, 7) is 0.514. The van der Waals surface area contributed by atoms with Crippen LogP contribution in [0, 0.1) is 0 Å². The van der Waals surface area contributed by atoms with Gasteiger partial charge in [0.2, 0.25) is 0 Å². The maximum absolute atomic E-state index is 5.90. The first-order chi connectivity index (χ1) is 8.83. The highest BCUT2D eigenvalue weighted by Crippen LogP contribution is 2.34. The summed E-state index contributed by atoms with van der Waals surface area (Å²) in [6, 6.07) is 10.2. The number of hydrogen-bond donors (Lipinski definition) is 2. The van der Waals surface area contributed by atoms with Crippen molar-refractivity contribution in [1.29, 1.82) is 0 Å². The molecule has 3 aromatic rings. The molecule has 3 rings (SSSR count). The van der Waals surface area contributed by atoms with E-state index in [1.165, 1.54) is 4.88 Å². The molecule has 0 spiro atoms. The number of benzene rings is 1. The topological polar surface area (TPSA) is 51.0 Å². The van der Waals surface area contributed by atoms with Gasteiger partial charge in [-0.1, -0.05) is 6.07 Å². The smallest absolute Gasteiger partial charge is 0.119 e. The van der Waals surface area contributed by atoms with Crippen molar-refractivity contribution in [3.05, 3.63) is 41.3 Å². The minimum Gasteiger partial charge on any atom is -0.497 e. The van der Waals surface area contributed by atoms with E-state index in [0.717, 1.165) is 27.9 Å². The summed E-state index contributed by atoms with van der Waals surface area (Å²) in [5.41, 5.74) is 9.27. The number of fused-ring (bicyclic) bond motifs is 1. The van der Waals surface area contributed by atoms with Crippen molar-refractivity contribution in [3.63, 3.8) is 0 Å². The van der Waals surface area contributed by atoms with E-state index in [4.69, 9.17) is 10.5 Å². The Morgan fingerprint density at radius 1 is 1.33 bits per heavy atom. The highest BCUT2D eigenvalue weighted by atomic mass is 32.1. The van der Waals surface area contributed by atoms with Gasteiger partial charge in [-0.3, -0.25) is 0 Å². The van der Waals surface area contributed by atoms with Gasteiger partial charge in [-0.05, 0) is 29.6 Å². The number of nitrogens with two attached hydrogens (primary N) is 1.